The molecular formula is C21H19N7O8S2. The molecule has 0 saturated heterocycles. The zero-order chi connectivity index (χ0) is 27.8. The third-order valence-corrected chi connectivity index (χ3v) is 6.94. The van der Waals surface area contributed by atoms with E-state index < -0.39 is 47.5 Å². The van der Waals surface area contributed by atoms with Crippen LogP contribution in [0.15, 0.2) is 74.7 Å². The number of methoxy groups -OCH3 is 1. The largest absolute Gasteiger partial charge is 0.465 e. The lowest BCUT2D eigenvalue weighted by Crippen LogP contribution is -2.09. The van der Waals surface area contributed by atoms with Gasteiger partial charge in [0.1, 0.15) is 10.5 Å². The second kappa shape index (κ2) is 9.78. The molecule has 0 fully saturated rings. The third kappa shape index (κ3) is 5.02. The van der Waals surface area contributed by atoms with Gasteiger partial charge in [-0.1, -0.05) is 18.2 Å². The summed E-state index contributed by atoms with van der Waals surface area (Å²) in [5, 5.41) is 16.4. The van der Waals surface area contributed by atoms with E-state index in [0.717, 1.165) is 36.2 Å². The van der Waals surface area contributed by atoms with Crippen LogP contribution in [-0.4, -0.2) is 58.6 Å². The van der Waals surface area contributed by atoms with E-state index in [4.69, 9.17) is 10.5 Å². The van der Waals surface area contributed by atoms with Crippen LogP contribution in [0.3, 0.4) is 0 Å². The molecule has 0 unspecified atom stereocenters. The number of esters is 1. The van der Waals surface area contributed by atoms with Crippen LogP contribution in [0.2, 0.25) is 0 Å². The summed E-state index contributed by atoms with van der Waals surface area (Å²) in [6.45, 7) is 1.61. The summed E-state index contributed by atoms with van der Waals surface area (Å²) >= 11 is 0. The van der Waals surface area contributed by atoms with Crippen LogP contribution in [0.1, 0.15) is 16.1 Å². The number of nitrogens with two attached hydrogens (primary N) is 1. The predicted octanol–water partition coefficient (Wildman–Crippen LogP) is 2.64. The summed E-state index contributed by atoms with van der Waals surface area (Å²) in [4.78, 5) is 10.9. The molecule has 0 bridgehead atoms. The highest BCUT2D eigenvalue weighted by Crippen LogP contribution is 2.34. The topological polar surface area (TPSA) is 221 Å². The number of para-hydroxylation sites is 1. The number of hydrogen-bond acceptors (Lipinski definition) is 11. The van der Waals surface area contributed by atoms with E-state index in [9.17, 15) is 30.7 Å². The van der Waals surface area contributed by atoms with Crippen LogP contribution in [0.4, 0.5) is 17.3 Å². The second-order valence-corrected chi connectivity index (χ2v) is 10.4. The molecule has 2 aromatic carbocycles. The van der Waals surface area contributed by atoms with Crippen molar-refractivity contribution < 1.29 is 35.5 Å². The first-order valence-corrected chi connectivity index (χ1v) is 13.3. The van der Waals surface area contributed by atoms with E-state index in [-0.39, 0.29) is 17.1 Å². The first kappa shape index (κ1) is 26.6. The van der Waals surface area contributed by atoms with E-state index >= 15 is 0 Å². The van der Waals surface area contributed by atoms with E-state index in [2.05, 4.69) is 20.4 Å². The zero-order valence-electron chi connectivity index (χ0n) is 19.6. The molecular weight excluding hydrogens is 542 g/mol. The number of carbonyl (C=O) groups is 1. The smallest absolute Gasteiger partial charge is 0.343 e. The minimum absolute atomic E-state index is 0.0927. The molecule has 38 heavy (non-hydrogen) atoms. The van der Waals surface area contributed by atoms with Gasteiger partial charge in [-0.3, -0.25) is 9.11 Å². The molecule has 198 valence electrons. The van der Waals surface area contributed by atoms with Crippen LogP contribution in [0.5, 0.6) is 0 Å². The van der Waals surface area contributed by atoms with Crippen LogP contribution >= 0.6 is 0 Å². The molecule has 0 atom stereocenters. The Hall–Kier alpha value is -4.45. The number of aromatic nitrogens is 4. The van der Waals surface area contributed by atoms with Crippen molar-refractivity contribution in [3.05, 3.63) is 66.0 Å². The maximum absolute atomic E-state index is 12.4. The summed E-state index contributed by atoms with van der Waals surface area (Å²) in [5.74, 6) is -1.25. The Morgan fingerprint density at radius 3 is 2.29 bits per heavy atom. The van der Waals surface area contributed by atoms with Gasteiger partial charge in [0.15, 0.2) is 17.3 Å². The van der Waals surface area contributed by atoms with Crippen molar-refractivity contribution >= 4 is 43.5 Å². The highest BCUT2D eigenvalue weighted by molar-refractivity contribution is 7.86. The Labute approximate surface area is 215 Å². The summed E-state index contributed by atoms with van der Waals surface area (Å²) < 4.78 is 73.5. The van der Waals surface area contributed by atoms with E-state index in [0.29, 0.717) is 11.4 Å². The van der Waals surface area contributed by atoms with Gasteiger partial charge in [-0.2, -0.15) is 27.0 Å². The summed E-state index contributed by atoms with van der Waals surface area (Å²) in [6.07, 6.45) is 0.970. The zero-order valence-corrected chi connectivity index (χ0v) is 21.3. The van der Waals surface area contributed by atoms with Crippen LogP contribution in [-0.2, 0) is 25.0 Å². The summed E-state index contributed by atoms with van der Waals surface area (Å²) in [5.41, 5.74) is 6.47. The predicted molar refractivity (Wildman–Crippen MR) is 131 cm³/mol. The van der Waals surface area contributed by atoms with Gasteiger partial charge in [0.25, 0.3) is 20.2 Å². The van der Waals surface area contributed by atoms with Crippen molar-refractivity contribution in [2.75, 3.05) is 12.8 Å². The molecule has 2 heterocycles. The van der Waals surface area contributed by atoms with Crippen molar-refractivity contribution in [1.29, 1.82) is 0 Å². The van der Waals surface area contributed by atoms with Crippen molar-refractivity contribution in [3.63, 3.8) is 0 Å². The molecule has 0 saturated carbocycles. The molecule has 0 spiro atoms. The standard InChI is InChI=1S/C21H19N7O8S2/c1-12-18(19(22)27(26-12)13-6-4-3-5-7-13)24-25-20-15(21(29)36-2)11-23-28(20)16-10-14(37(30,31)32)8-9-17(16)38(33,34)35/h3-11H,22H2,1-2H3,(H,30,31,32)(H,33,34,35)/b25-24+. The number of hydrogen-bond donors (Lipinski definition) is 3. The van der Waals surface area contributed by atoms with E-state index in [1.54, 1.807) is 31.2 Å². The van der Waals surface area contributed by atoms with Crippen molar-refractivity contribution in [3.8, 4) is 11.4 Å². The average Bonchev–Trinajstić information content (AvgIpc) is 3.41. The first-order chi connectivity index (χ1) is 17.8. The van der Waals surface area contributed by atoms with Gasteiger partial charge in [-0.25, -0.2) is 14.2 Å². The third-order valence-electron chi connectivity index (χ3n) is 5.19. The molecule has 15 nitrogen and oxygen atoms in total. The molecule has 4 N–H and O–H groups in total. The molecule has 0 radical (unpaired) electrons. The van der Waals surface area contributed by atoms with Gasteiger partial charge < -0.3 is 10.5 Å². The Morgan fingerprint density at radius 2 is 1.68 bits per heavy atom. The van der Waals surface area contributed by atoms with Gasteiger partial charge in [0, 0.05) is 0 Å². The summed E-state index contributed by atoms with van der Waals surface area (Å²) in [7, 11) is -8.67. The molecule has 4 aromatic rings. The first-order valence-electron chi connectivity index (χ1n) is 10.4. The van der Waals surface area contributed by atoms with Crippen molar-refractivity contribution in [2.24, 2.45) is 10.2 Å². The number of anilines is 1. The molecule has 4 rings (SSSR count). The molecule has 0 aliphatic heterocycles. The maximum Gasteiger partial charge on any atom is 0.343 e. The number of benzene rings is 2. The number of nitrogens with zero attached hydrogens (tertiary/aromatic N) is 6. The minimum atomic E-state index is -4.94. The number of carbonyl (C=O) groups excluding carboxylic acids is 1. The fourth-order valence-electron chi connectivity index (χ4n) is 3.43. The number of rotatable bonds is 7. The van der Waals surface area contributed by atoms with E-state index in [1.165, 1.54) is 4.68 Å². The average molecular weight is 562 g/mol. The number of aryl methyl sites for hydroxylation is 1. The molecule has 0 aliphatic rings. The molecule has 0 amide bonds. The monoisotopic (exact) mass is 561 g/mol. The SMILES string of the molecule is COC(=O)c1cnn(-c2cc(S(=O)(=O)O)ccc2S(=O)(=O)O)c1/N=N/c1c(C)nn(-c2ccccc2)c1N. The molecule has 2 aromatic heterocycles. The van der Waals surface area contributed by atoms with Gasteiger partial charge >= 0.3 is 5.97 Å². The van der Waals surface area contributed by atoms with E-state index in [1.807, 2.05) is 6.07 Å². The lowest BCUT2D eigenvalue weighted by atomic mass is 10.3. The highest BCUT2D eigenvalue weighted by Gasteiger charge is 2.26. The van der Waals surface area contributed by atoms with Gasteiger partial charge in [0.05, 0.1) is 35.3 Å². The fraction of sp³-hybridized carbons (Fsp3) is 0.0952. The lowest BCUT2D eigenvalue weighted by molar-refractivity contribution is 0.0601. The maximum atomic E-state index is 12.4. The highest BCUT2D eigenvalue weighted by atomic mass is 32.2. The Bertz CT molecular complexity index is 1790. The van der Waals surface area contributed by atoms with Gasteiger partial charge in [-0.15, -0.1) is 10.2 Å². The Kier molecular flexibility index (Phi) is 6.85. The number of nitrogen functional groups attached to an aromatic ring is 1. The second-order valence-electron chi connectivity index (χ2n) is 7.63. The van der Waals surface area contributed by atoms with Crippen LogP contribution < -0.4 is 5.73 Å². The quantitative estimate of drug-likeness (QED) is 0.169. The van der Waals surface area contributed by atoms with Gasteiger partial charge in [-0.05, 0) is 37.3 Å². The molecule has 17 heteroatoms. The lowest BCUT2D eigenvalue weighted by Gasteiger charge is -2.10. The Morgan fingerprint density at radius 1 is 1.00 bits per heavy atom. The molecule has 0 aliphatic carbocycles. The van der Waals surface area contributed by atoms with Crippen molar-refractivity contribution in [1.82, 2.24) is 19.6 Å². The normalized spacial score (nSPS) is 12.2. The van der Waals surface area contributed by atoms with Crippen LogP contribution in [0, 0.1) is 6.92 Å². The minimum Gasteiger partial charge on any atom is -0.465 e. The number of ether oxygens (including phenoxy) is 1. The van der Waals surface area contributed by atoms with Crippen LogP contribution in [0.25, 0.3) is 11.4 Å². The Balaban J connectivity index is 1.94. The van der Waals surface area contributed by atoms with Crippen molar-refractivity contribution in [2.45, 2.75) is 16.7 Å². The summed E-state index contributed by atoms with van der Waals surface area (Å²) in [6, 6.07) is 11.1. The number of azo groups is 1. The fourth-order valence-corrected chi connectivity index (χ4v) is 4.58. The van der Waals surface area contributed by atoms with Gasteiger partial charge in [0.2, 0.25) is 0 Å².